The molecule has 0 saturated carbocycles. The van der Waals surface area contributed by atoms with E-state index in [0.29, 0.717) is 0 Å². The lowest BCUT2D eigenvalue weighted by atomic mass is 9.82. The maximum Gasteiger partial charge on any atom is 0.0701 e. The molecule has 0 fully saturated rings. The Bertz CT molecular complexity index is 2420. The topological polar surface area (TPSA) is 21.1 Å². The summed E-state index contributed by atoms with van der Waals surface area (Å²) in [6.45, 7) is 4.69. The number of aromatic nitrogens is 2. The number of pyridine rings is 1. The zero-order valence-corrected chi connectivity index (χ0v) is 26.4. The van der Waals surface area contributed by atoms with Crippen molar-refractivity contribution in [2.24, 2.45) is 0 Å². The second kappa shape index (κ2) is 10.6. The number of fused-ring (bicyclic) bond motifs is 6. The monoisotopic (exact) mass is 603 g/mol. The van der Waals surface area contributed by atoms with Gasteiger partial charge < -0.3 is 9.47 Å². The second-order valence-electron chi connectivity index (χ2n) is 12.9. The largest absolute Gasteiger partial charge is 0.310 e. The summed E-state index contributed by atoms with van der Waals surface area (Å²) in [4.78, 5) is 6.99. The summed E-state index contributed by atoms with van der Waals surface area (Å²) in [6, 6.07) is 56.9. The average molecular weight is 604 g/mol. The predicted octanol–water partition coefficient (Wildman–Crippen LogP) is 11.6. The van der Waals surface area contributed by atoms with Gasteiger partial charge >= 0.3 is 0 Å². The van der Waals surface area contributed by atoms with Crippen LogP contribution in [0.4, 0.5) is 17.1 Å². The van der Waals surface area contributed by atoms with Gasteiger partial charge in [-0.05, 0) is 95.1 Å². The van der Waals surface area contributed by atoms with Crippen molar-refractivity contribution in [3.63, 3.8) is 0 Å². The van der Waals surface area contributed by atoms with Gasteiger partial charge in [-0.2, -0.15) is 0 Å². The molecule has 1 aliphatic carbocycles. The Labute approximate surface area is 275 Å². The van der Waals surface area contributed by atoms with E-state index in [4.69, 9.17) is 0 Å². The minimum atomic E-state index is -0.0937. The van der Waals surface area contributed by atoms with Crippen LogP contribution in [0.15, 0.2) is 164 Å². The van der Waals surface area contributed by atoms with Crippen LogP contribution in [0.1, 0.15) is 25.0 Å². The first kappa shape index (κ1) is 27.4. The van der Waals surface area contributed by atoms with Gasteiger partial charge in [-0.1, -0.05) is 98.8 Å². The predicted molar refractivity (Wildman–Crippen MR) is 196 cm³/mol. The third-order valence-corrected chi connectivity index (χ3v) is 9.84. The molecule has 3 heteroatoms. The molecule has 6 aromatic carbocycles. The van der Waals surface area contributed by atoms with E-state index in [0.717, 1.165) is 34.0 Å². The molecular formula is C44H33N3. The number of rotatable bonds is 5. The lowest BCUT2D eigenvalue weighted by molar-refractivity contribution is 0.660. The molecule has 0 amide bonds. The minimum Gasteiger partial charge on any atom is -0.310 e. The first-order chi connectivity index (χ1) is 23.1. The van der Waals surface area contributed by atoms with Crippen molar-refractivity contribution in [3.8, 4) is 28.1 Å². The zero-order valence-electron chi connectivity index (χ0n) is 26.4. The van der Waals surface area contributed by atoms with E-state index < -0.39 is 0 Å². The summed E-state index contributed by atoms with van der Waals surface area (Å²) >= 11 is 0. The summed E-state index contributed by atoms with van der Waals surface area (Å²) in [5, 5.41) is 2.47. The molecule has 0 N–H and O–H groups in total. The highest BCUT2D eigenvalue weighted by Gasteiger charge is 2.35. The van der Waals surface area contributed by atoms with Gasteiger partial charge in [0.05, 0.1) is 16.7 Å². The number of anilines is 3. The van der Waals surface area contributed by atoms with Gasteiger partial charge in [0.15, 0.2) is 0 Å². The van der Waals surface area contributed by atoms with E-state index in [-0.39, 0.29) is 5.41 Å². The summed E-state index contributed by atoms with van der Waals surface area (Å²) in [7, 11) is 0. The van der Waals surface area contributed by atoms with Crippen LogP contribution in [0.25, 0.3) is 49.9 Å². The summed E-state index contributed by atoms with van der Waals surface area (Å²) in [6.07, 6.45) is 1.85. The molecule has 0 unspecified atom stereocenters. The zero-order chi connectivity index (χ0) is 31.5. The van der Waals surface area contributed by atoms with Crippen molar-refractivity contribution in [2.45, 2.75) is 19.3 Å². The van der Waals surface area contributed by atoms with E-state index in [9.17, 15) is 0 Å². The van der Waals surface area contributed by atoms with E-state index in [1.807, 2.05) is 18.3 Å². The minimum absolute atomic E-state index is 0.0937. The van der Waals surface area contributed by atoms with E-state index in [2.05, 4.69) is 174 Å². The van der Waals surface area contributed by atoms with Crippen LogP contribution < -0.4 is 4.90 Å². The van der Waals surface area contributed by atoms with Crippen molar-refractivity contribution in [1.29, 1.82) is 0 Å². The molecule has 0 radical (unpaired) electrons. The van der Waals surface area contributed by atoms with Crippen molar-refractivity contribution in [2.75, 3.05) is 4.90 Å². The fourth-order valence-electron chi connectivity index (χ4n) is 7.55. The highest BCUT2D eigenvalue weighted by molar-refractivity contribution is 6.10. The fraction of sp³-hybridized carbons (Fsp3) is 0.0682. The van der Waals surface area contributed by atoms with Gasteiger partial charge in [0.25, 0.3) is 0 Å². The molecule has 0 bridgehead atoms. The van der Waals surface area contributed by atoms with Gasteiger partial charge in [-0.25, -0.2) is 0 Å². The molecule has 0 atom stereocenters. The Hall–Kier alpha value is -5.93. The maximum atomic E-state index is 4.59. The van der Waals surface area contributed by atoms with Crippen molar-refractivity contribution in [3.05, 3.63) is 175 Å². The number of hydrogen-bond donors (Lipinski definition) is 0. The van der Waals surface area contributed by atoms with Gasteiger partial charge in [-0.3, -0.25) is 4.98 Å². The van der Waals surface area contributed by atoms with Crippen LogP contribution in [-0.2, 0) is 5.41 Å². The van der Waals surface area contributed by atoms with E-state index in [1.54, 1.807) is 0 Å². The van der Waals surface area contributed by atoms with Crippen LogP contribution in [0.2, 0.25) is 0 Å². The number of nitrogens with zero attached hydrogens (tertiary/aromatic N) is 3. The second-order valence-corrected chi connectivity index (χ2v) is 12.9. The highest BCUT2D eigenvalue weighted by Crippen LogP contribution is 2.51. The number of para-hydroxylation sites is 2. The van der Waals surface area contributed by atoms with E-state index >= 15 is 0 Å². The molecule has 2 aromatic heterocycles. The van der Waals surface area contributed by atoms with Crippen molar-refractivity contribution < 1.29 is 0 Å². The Kier molecular flexibility index (Phi) is 6.16. The number of benzene rings is 6. The third kappa shape index (κ3) is 4.31. The maximum absolute atomic E-state index is 4.59. The van der Waals surface area contributed by atoms with Crippen molar-refractivity contribution >= 4 is 38.9 Å². The van der Waals surface area contributed by atoms with Crippen LogP contribution in [0.3, 0.4) is 0 Å². The standard InChI is InChI=1S/C44H33N3/c1-44(2)39-16-8-6-14-35(39)36-25-23-34(29-40(36)44)46(32-21-19-30(20-22-32)41-17-10-11-27-45-41)33-24-26-43-38(28-33)37-15-7-9-18-42(37)47(43)31-12-4-3-5-13-31/h3-29H,1-2H3. The fourth-order valence-corrected chi connectivity index (χ4v) is 7.55. The molecular weight excluding hydrogens is 571 g/mol. The molecule has 224 valence electrons. The molecule has 0 saturated heterocycles. The SMILES string of the molecule is CC1(C)c2ccccc2-c2ccc(N(c3ccc(-c4ccccn4)cc3)c3ccc4c(c3)c3ccccc3n4-c3ccccc3)cc21. The number of hydrogen-bond acceptors (Lipinski definition) is 2. The summed E-state index contributed by atoms with van der Waals surface area (Å²) < 4.78 is 2.37. The Morgan fingerprint density at radius 2 is 1.17 bits per heavy atom. The van der Waals surface area contributed by atoms with E-state index in [1.165, 1.54) is 44.1 Å². The highest BCUT2D eigenvalue weighted by atomic mass is 15.1. The summed E-state index contributed by atoms with van der Waals surface area (Å²) in [5.74, 6) is 0. The van der Waals surface area contributed by atoms with Gasteiger partial charge in [0, 0.05) is 50.7 Å². The van der Waals surface area contributed by atoms with Crippen LogP contribution in [-0.4, -0.2) is 9.55 Å². The molecule has 0 aliphatic heterocycles. The lowest BCUT2D eigenvalue weighted by Gasteiger charge is -2.28. The molecule has 8 aromatic rings. The first-order valence-corrected chi connectivity index (χ1v) is 16.2. The smallest absolute Gasteiger partial charge is 0.0701 e. The molecule has 2 heterocycles. The lowest BCUT2D eigenvalue weighted by Crippen LogP contribution is -2.16. The molecule has 3 nitrogen and oxygen atoms in total. The van der Waals surface area contributed by atoms with Crippen LogP contribution in [0.5, 0.6) is 0 Å². The summed E-state index contributed by atoms with van der Waals surface area (Å²) in [5.41, 5.74) is 14.3. The van der Waals surface area contributed by atoms with Crippen LogP contribution in [0, 0.1) is 0 Å². The first-order valence-electron chi connectivity index (χ1n) is 16.2. The van der Waals surface area contributed by atoms with Crippen molar-refractivity contribution in [1.82, 2.24) is 9.55 Å². The average Bonchev–Trinajstić information content (AvgIpc) is 3.58. The Morgan fingerprint density at radius 1 is 0.511 bits per heavy atom. The normalized spacial score (nSPS) is 13.1. The Balaban J connectivity index is 1.25. The Morgan fingerprint density at radius 3 is 2.00 bits per heavy atom. The molecule has 1 aliphatic rings. The molecule has 0 spiro atoms. The van der Waals surface area contributed by atoms with Gasteiger partial charge in [0.1, 0.15) is 0 Å². The third-order valence-electron chi connectivity index (χ3n) is 9.84. The molecule has 9 rings (SSSR count). The quantitative estimate of drug-likeness (QED) is 0.195. The van der Waals surface area contributed by atoms with Gasteiger partial charge in [-0.15, -0.1) is 0 Å². The molecule has 47 heavy (non-hydrogen) atoms. The van der Waals surface area contributed by atoms with Gasteiger partial charge in [0.2, 0.25) is 0 Å². The van der Waals surface area contributed by atoms with Crippen LogP contribution >= 0.6 is 0 Å².